The van der Waals surface area contributed by atoms with Gasteiger partial charge in [-0.25, -0.2) is 13.6 Å². The van der Waals surface area contributed by atoms with Gasteiger partial charge in [0.25, 0.3) is 0 Å². The minimum Gasteiger partial charge on any atom is -0.324 e. The normalized spacial score (nSPS) is 13.8. The standard InChI is InChI=1S/C26H25F2N3O2/c1-18-8-11-24(23(14-18)29-25(32)16-19-6-3-2-4-7-19)31-13-5-12-30(26(31)33)17-20-9-10-21(27)22(28)15-20/h2-4,6-11,14-15H,5,12-13,16-17H2,1H3,(H,29,32). The largest absolute Gasteiger partial charge is 0.324 e. The van der Waals surface area contributed by atoms with Gasteiger partial charge in [-0.1, -0.05) is 42.5 Å². The lowest BCUT2D eigenvalue weighted by molar-refractivity contribution is -0.115. The van der Waals surface area contributed by atoms with Gasteiger partial charge in [0.15, 0.2) is 11.6 Å². The summed E-state index contributed by atoms with van der Waals surface area (Å²) < 4.78 is 26.9. The molecule has 1 aliphatic rings. The van der Waals surface area contributed by atoms with Gasteiger partial charge in [0.05, 0.1) is 17.8 Å². The molecule has 1 aliphatic heterocycles. The Morgan fingerprint density at radius 1 is 0.939 bits per heavy atom. The van der Waals surface area contributed by atoms with Crippen LogP contribution in [-0.4, -0.2) is 29.9 Å². The van der Waals surface area contributed by atoms with Crippen molar-refractivity contribution >= 4 is 23.3 Å². The highest BCUT2D eigenvalue weighted by Gasteiger charge is 2.29. The monoisotopic (exact) mass is 449 g/mol. The molecule has 170 valence electrons. The van der Waals surface area contributed by atoms with Crippen LogP contribution in [0.3, 0.4) is 0 Å². The zero-order valence-electron chi connectivity index (χ0n) is 18.4. The van der Waals surface area contributed by atoms with Crippen molar-refractivity contribution in [3.05, 3.63) is 95.1 Å². The topological polar surface area (TPSA) is 52.6 Å². The number of anilines is 2. The van der Waals surface area contributed by atoms with Gasteiger partial charge in [0.1, 0.15) is 0 Å². The van der Waals surface area contributed by atoms with Gasteiger partial charge in [-0.3, -0.25) is 9.69 Å². The van der Waals surface area contributed by atoms with E-state index in [9.17, 15) is 18.4 Å². The van der Waals surface area contributed by atoms with Gasteiger partial charge in [-0.2, -0.15) is 0 Å². The third kappa shape index (κ3) is 5.37. The number of nitrogens with one attached hydrogen (secondary N) is 1. The number of benzene rings is 3. The molecule has 4 rings (SSSR count). The smallest absolute Gasteiger partial charge is 0.324 e. The Balaban J connectivity index is 1.53. The molecule has 3 aromatic rings. The number of hydrogen-bond donors (Lipinski definition) is 1. The SMILES string of the molecule is Cc1ccc(N2CCCN(Cc3ccc(F)c(F)c3)C2=O)c(NC(=O)Cc2ccccc2)c1. The van der Waals surface area contributed by atoms with Crippen molar-refractivity contribution in [2.24, 2.45) is 0 Å². The summed E-state index contributed by atoms with van der Waals surface area (Å²) in [5.74, 6) is -2.02. The molecule has 5 nitrogen and oxygen atoms in total. The molecular weight excluding hydrogens is 424 g/mol. The molecule has 1 heterocycles. The number of urea groups is 1. The van der Waals surface area contributed by atoms with Crippen LogP contribution in [0.1, 0.15) is 23.1 Å². The fourth-order valence-electron chi connectivity index (χ4n) is 3.97. The van der Waals surface area contributed by atoms with E-state index in [2.05, 4.69) is 5.32 Å². The maximum atomic E-state index is 13.6. The zero-order chi connectivity index (χ0) is 23.4. The third-order valence-electron chi connectivity index (χ3n) is 5.59. The second-order valence-corrected chi connectivity index (χ2v) is 8.19. The van der Waals surface area contributed by atoms with Gasteiger partial charge >= 0.3 is 6.03 Å². The number of nitrogens with zero attached hydrogens (tertiary/aromatic N) is 2. The molecule has 33 heavy (non-hydrogen) atoms. The number of carbonyl (C=O) groups excluding carboxylic acids is 2. The van der Waals surface area contributed by atoms with E-state index in [1.54, 1.807) is 9.80 Å². The lowest BCUT2D eigenvalue weighted by Gasteiger charge is -2.36. The quantitative estimate of drug-likeness (QED) is 0.556. The molecule has 1 saturated heterocycles. The van der Waals surface area contributed by atoms with Gasteiger partial charge in [0, 0.05) is 19.6 Å². The van der Waals surface area contributed by atoms with Crippen molar-refractivity contribution in [1.29, 1.82) is 0 Å². The van der Waals surface area contributed by atoms with Crippen LogP contribution in [-0.2, 0) is 17.8 Å². The molecule has 7 heteroatoms. The second-order valence-electron chi connectivity index (χ2n) is 8.19. The first kappa shape index (κ1) is 22.5. The average molecular weight is 450 g/mol. The van der Waals surface area contributed by atoms with Crippen molar-refractivity contribution < 1.29 is 18.4 Å². The Kier molecular flexibility index (Phi) is 6.68. The molecule has 0 spiro atoms. The third-order valence-corrected chi connectivity index (χ3v) is 5.59. The molecule has 0 bridgehead atoms. The summed E-state index contributed by atoms with van der Waals surface area (Å²) in [5, 5.41) is 2.95. The first-order valence-electron chi connectivity index (χ1n) is 10.9. The van der Waals surface area contributed by atoms with Crippen LogP contribution in [0.2, 0.25) is 0 Å². The Hall–Kier alpha value is -3.74. The van der Waals surface area contributed by atoms with E-state index in [1.807, 2.05) is 55.5 Å². The number of amides is 3. The summed E-state index contributed by atoms with van der Waals surface area (Å²) in [6, 6.07) is 18.4. The minimum atomic E-state index is -0.934. The lowest BCUT2D eigenvalue weighted by Crippen LogP contribution is -2.49. The molecular formula is C26H25F2N3O2. The highest BCUT2D eigenvalue weighted by atomic mass is 19.2. The van der Waals surface area contributed by atoms with Crippen molar-refractivity contribution in [2.75, 3.05) is 23.3 Å². The number of aryl methyl sites for hydroxylation is 1. The van der Waals surface area contributed by atoms with Crippen LogP contribution in [0.25, 0.3) is 0 Å². The summed E-state index contributed by atoms with van der Waals surface area (Å²) in [7, 11) is 0. The number of rotatable bonds is 6. The van der Waals surface area contributed by atoms with E-state index in [0.717, 1.165) is 23.3 Å². The van der Waals surface area contributed by atoms with Crippen molar-refractivity contribution in [2.45, 2.75) is 26.3 Å². The molecule has 0 aliphatic carbocycles. The average Bonchev–Trinajstić information content (AvgIpc) is 2.79. The maximum Gasteiger partial charge on any atom is 0.324 e. The van der Waals surface area contributed by atoms with Gasteiger partial charge in [0.2, 0.25) is 5.91 Å². The predicted molar refractivity (Wildman–Crippen MR) is 124 cm³/mol. The molecule has 0 radical (unpaired) electrons. The maximum absolute atomic E-state index is 13.6. The van der Waals surface area contributed by atoms with Crippen molar-refractivity contribution in [3.63, 3.8) is 0 Å². The molecule has 3 aromatic carbocycles. The zero-order valence-corrected chi connectivity index (χ0v) is 18.4. The molecule has 0 aromatic heterocycles. The van der Waals surface area contributed by atoms with E-state index in [1.165, 1.54) is 6.07 Å². The molecule has 3 amide bonds. The number of carbonyl (C=O) groups is 2. The van der Waals surface area contributed by atoms with E-state index in [0.29, 0.717) is 36.4 Å². The number of halogens is 2. The molecule has 0 unspecified atom stereocenters. The molecule has 1 fully saturated rings. The minimum absolute atomic E-state index is 0.170. The van der Waals surface area contributed by atoms with Crippen LogP contribution < -0.4 is 10.2 Å². The Labute approximate surface area is 191 Å². The van der Waals surface area contributed by atoms with Crippen LogP contribution in [0, 0.1) is 18.6 Å². The first-order chi connectivity index (χ1) is 15.9. The number of hydrogen-bond acceptors (Lipinski definition) is 2. The summed E-state index contributed by atoms with van der Waals surface area (Å²) in [6.45, 7) is 3.10. The summed E-state index contributed by atoms with van der Waals surface area (Å²) in [4.78, 5) is 29.2. The summed E-state index contributed by atoms with van der Waals surface area (Å²) in [5.41, 5.74) is 3.55. The van der Waals surface area contributed by atoms with Gasteiger partial charge in [-0.05, 0) is 54.3 Å². The van der Waals surface area contributed by atoms with E-state index < -0.39 is 11.6 Å². The Bertz CT molecular complexity index is 1170. The fraction of sp³-hybridized carbons (Fsp3) is 0.231. The van der Waals surface area contributed by atoms with Crippen LogP contribution in [0.5, 0.6) is 0 Å². The summed E-state index contributed by atoms with van der Waals surface area (Å²) >= 11 is 0. The van der Waals surface area contributed by atoms with Crippen LogP contribution >= 0.6 is 0 Å². The van der Waals surface area contributed by atoms with E-state index in [-0.39, 0.29) is 24.9 Å². The van der Waals surface area contributed by atoms with Crippen molar-refractivity contribution in [3.8, 4) is 0 Å². The van der Waals surface area contributed by atoms with Crippen LogP contribution in [0.4, 0.5) is 25.0 Å². The first-order valence-corrected chi connectivity index (χ1v) is 10.9. The molecule has 0 atom stereocenters. The predicted octanol–water partition coefficient (Wildman–Crippen LogP) is 5.29. The van der Waals surface area contributed by atoms with E-state index in [4.69, 9.17) is 0 Å². The second kappa shape index (κ2) is 9.81. The summed E-state index contributed by atoms with van der Waals surface area (Å²) in [6.07, 6.45) is 0.936. The van der Waals surface area contributed by atoms with Gasteiger partial charge < -0.3 is 10.2 Å². The highest BCUT2D eigenvalue weighted by molar-refractivity contribution is 6.01. The fourth-order valence-corrected chi connectivity index (χ4v) is 3.97. The molecule has 1 N–H and O–H groups in total. The van der Waals surface area contributed by atoms with Gasteiger partial charge in [-0.15, -0.1) is 0 Å². The Morgan fingerprint density at radius 2 is 1.73 bits per heavy atom. The highest BCUT2D eigenvalue weighted by Crippen LogP contribution is 2.30. The lowest BCUT2D eigenvalue weighted by atomic mass is 10.1. The van der Waals surface area contributed by atoms with Crippen LogP contribution in [0.15, 0.2) is 66.7 Å². The van der Waals surface area contributed by atoms with E-state index >= 15 is 0 Å². The Morgan fingerprint density at radius 3 is 2.48 bits per heavy atom. The van der Waals surface area contributed by atoms with Crippen molar-refractivity contribution in [1.82, 2.24) is 4.90 Å². The molecule has 0 saturated carbocycles.